The first-order chi connectivity index (χ1) is 52.0. The number of rotatable bonds is 25. The fourth-order valence-electron chi connectivity index (χ4n) is 21.7. The maximum absolute atomic E-state index is 14.1. The summed E-state index contributed by atoms with van der Waals surface area (Å²) in [6, 6.07) is 29.8. The van der Waals surface area contributed by atoms with Gasteiger partial charge in [0.25, 0.3) is 0 Å². The standard InChI is InChI=1S/C24H38.C22H34.C20H17FO4.C19H36.C17H32/c1-3-5-19-7-11-21(12-8-19)23-15-17-24(18-16-23)22-13-9-20(6-4-2)10-14-22;1-3-4-18-7-11-20(12-8-18)22-15-13-21(14-16-22)19-9-5-17(2)6-10-19;1-12(2)19(22)24-16-8-5-14(6-9-16)15-7-10-18(17(21)11-15)25-20(23)13(3)4;1-3-5-7-17-10-14-19(15-11-17)18-12-8-16(6-4-2)9-13-18;1-3-5-15-8-12-17(13-9-15)16-10-6-14(4-2)7-11-16/h7-8,11-12,20,22-24H,3-6,9-10,13-18H2,1-2H3;5-6,9-10,18,20-22H,3-4,7-8,11-16H2,1-2H3;5-11H,1,3H2,2,4H3;16-19H,3-15H2,1-2H3;14-17H,3-13H2,1-2H3. The fourth-order valence-corrected chi connectivity index (χ4v) is 21.7. The lowest BCUT2D eigenvalue weighted by molar-refractivity contribution is -0.131. The summed E-state index contributed by atoms with van der Waals surface area (Å²) < 4.78 is 24.1. The van der Waals surface area contributed by atoms with Gasteiger partial charge in [-0.25, -0.2) is 14.0 Å². The molecule has 0 N–H and O–H groups in total. The highest BCUT2D eigenvalue weighted by atomic mass is 19.1. The van der Waals surface area contributed by atoms with Crippen molar-refractivity contribution in [2.45, 2.75) is 376 Å². The van der Waals surface area contributed by atoms with Crippen molar-refractivity contribution < 1.29 is 23.5 Å². The van der Waals surface area contributed by atoms with Crippen LogP contribution in [0.15, 0.2) is 115 Å². The molecule has 596 valence electrons. The van der Waals surface area contributed by atoms with E-state index < -0.39 is 17.8 Å². The molecule has 0 atom stereocenters. The van der Waals surface area contributed by atoms with E-state index in [0.717, 1.165) is 94.7 Å². The van der Waals surface area contributed by atoms with Gasteiger partial charge < -0.3 is 9.47 Å². The molecule has 4 nitrogen and oxygen atoms in total. The van der Waals surface area contributed by atoms with E-state index in [1.807, 2.05) is 0 Å². The van der Waals surface area contributed by atoms with Crippen LogP contribution in [0.2, 0.25) is 0 Å². The number of hydrogen-bond acceptors (Lipinski definition) is 4. The Morgan fingerprint density at radius 2 is 0.673 bits per heavy atom. The van der Waals surface area contributed by atoms with E-state index in [9.17, 15) is 14.0 Å². The Morgan fingerprint density at radius 3 is 0.991 bits per heavy atom. The monoisotopic (exact) mass is 1470 g/mol. The topological polar surface area (TPSA) is 52.6 Å². The van der Waals surface area contributed by atoms with Gasteiger partial charge in [0.2, 0.25) is 0 Å². The van der Waals surface area contributed by atoms with Gasteiger partial charge in [0, 0.05) is 11.1 Å². The number of hydrogen-bond donors (Lipinski definition) is 0. The highest BCUT2D eigenvalue weighted by Gasteiger charge is 2.35. The molecule has 0 amide bonds. The number of unbranched alkanes of at least 4 members (excludes halogenated alkanes) is 1. The zero-order chi connectivity index (χ0) is 76.3. The van der Waals surface area contributed by atoms with Crippen molar-refractivity contribution in [1.29, 1.82) is 0 Å². The molecule has 0 radical (unpaired) electrons. The van der Waals surface area contributed by atoms with Crippen LogP contribution in [-0.4, -0.2) is 11.9 Å². The summed E-state index contributed by atoms with van der Waals surface area (Å²) in [6.07, 6.45) is 68.6. The number of halogens is 1. The largest absolute Gasteiger partial charge is 0.423 e. The lowest BCUT2D eigenvalue weighted by atomic mass is 9.68. The molecule has 0 saturated heterocycles. The van der Waals surface area contributed by atoms with Crippen LogP contribution in [0.25, 0.3) is 11.1 Å². The van der Waals surface area contributed by atoms with Crippen LogP contribution in [0.3, 0.4) is 0 Å². The summed E-state index contributed by atoms with van der Waals surface area (Å²) in [5.74, 6) is 15.1. The highest BCUT2D eigenvalue weighted by molar-refractivity contribution is 5.89. The summed E-state index contributed by atoms with van der Waals surface area (Å²) in [6.45, 7) is 28.6. The SMILES string of the molecule is C=C(C)C(=O)Oc1ccc(-c2ccc(OC(=O)C(=C)C)c(F)c2)cc1.CCCC1CCC(C2CCC(CC)CC2)CC1.CCCC1CCC(C2CCC(c3ccc(C)cc3)CC2)CC1.CCCCC1CCC(C2CCC(CCC)CC2)CC1.CCCc1ccc(C2CCC(C3CCC(CCC)CC3)CC2)cc1. The van der Waals surface area contributed by atoms with Gasteiger partial charge in [-0.3, -0.25) is 0 Å². The number of benzene rings is 4. The molecular weight excluding hydrogens is 1310 g/mol. The molecule has 8 aliphatic rings. The maximum atomic E-state index is 14.1. The number of esters is 2. The molecule has 5 heteroatoms. The first-order valence-electron chi connectivity index (χ1n) is 45.8. The quantitative estimate of drug-likeness (QED) is 0.0377. The average molecular weight is 1470 g/mol. The van der Waals surface area contributed by atoms with Crippen molar-refractivity contribution in [3.63, 3.8) is 0 Å². The van der Waals surface area contributed by atoms with Gasteiger partial charge in [0.05, 0.1) is 0 Å². The number of carbonyl (C=O) groups is 2. The first kappa shape index (κ1) is 87.8. The Kier molecular flexibility index (Phi) is 39.6. The van der Waals surface area contributed by atoms with Crippen molar-refractivity contribution in [1.82, 2.24) is 0 Å². The zero-order valence-corrected chi connectivity index (χ0v) is 70.3. The van der Waals surface area contributed by atoms with Crippen molar-refractivity contribution in [2.24, 2.45) is 82.9 Å². The molecule has 8 fully saturated rings. The summed E-state index contributed by atoms with van der Waals surface area (Å²) >= 11 is 0. The van der Waals surface area contributed by atoms with Gasteiger partial charge in [-0.1, -0.05) is 294 Å². The Labute approximate surface area is 656 Å². The van der Waals surface area contributed by atoms with E-state index in [1.165, 1.54) is 236 Å². The predicted octanol–water partition coefficient (Wildman–Crippen LogP) is 31.2. The third-order valence-corrected chi connectivity index (χ3v) is 28.7. The smallest absolute Gasteiger partial charge is 0.338 e. The van der Waals surface area contributed by atoms with Crippen LogP contribution in [0.1, 0.15) is 385 Å². The fraction of sp³-hybridized carbons (Fsp3) is 0.706. The maximum Gasteiger partial charge on any atom is 0.338 e. The molecule has 0 heterocycles. The lowest BCUT2D eigenvalue weighted by Gasteiger charge is -2.38. The Bertz CT molecular complexity index is 3070. The molecule has 0 aromatic heterocycles. The van der Waals surface area contributed by atoms with Gasteiger partial charge in [0.1, 0.15) is 5.75 Å². The molecule has 8 saturated carbocycles. The predicted molar refractivity (Wildman–Crippen MR) is 456 cm³/mol. The normalized spacial score (nSPS) is 28.7. The lowest BCUT2D eigenvalue weighted by Crippen LogP contribution is -2.25. The average Bonchev–Trinajstić information content (AvgIpc) is 0.808. The second kappa shape index (κ2) is 48.2. The van der Waals surface area contributed by atoms with Crippen LogP contribution >= 0.6 is 0 Å². The number of ether oxygens (including phenoxy) is 2. The molecule has 4 aromatic carbocycles. The minimum absolute atomic E-state index is 0.163. The molecule has 0 unspecified atom stereocenters. The van der Waals surface area contributed by atoms with Crippen molar-refractivity contribution >= 4 is 11.9 Å². The molecule has 0 spiro atoms. The van der Waals surface area contributed by atoms with Gasteiger partial charge >= 0.3 is 11.9 Å². The molecule has 4 aromatic rings. The summed E-state index contributed by atoms with van der Waals surface area (Å²) in [5, 5.41) is 0. The summed E-state index contributed by atoms with van der Waals surface area (Å²) in [5.41, 5.74) is 7.89. The minimum Gasteiger partial charge on any atom is -0.423 e. The third-order valence-electron chi connectivity index (χ3n) is 28.7. The first-order valence-corrected chi connectivity index (χ1v) is 45.8. The number of aryl methyl sites for hydroxylation is 2. The van der Waals surface area contributed by atoms with E-state index >= 15 is 0 Å². The van der Waals surface area contributed by atoms with Gasteiger partial charge in [0.15, 0.2) is 11.6 Å². The van der Waals surface area contributed by atoms with Gasteiger partial charge in [-0.15, -0.1) is 0 Å². The second-order valence-electron chi connectivity index (χ2n) is 36.5. The minimum atomic E-state index is -0.685. The second-order valence-corrected chi connectivity index (χ2v) is 36.5. The molecule has 8 aliphatic carbocycles. The number of carbonyl (C=O) groups excluding carboxylic acids is 2. The molecule has 0 bridgehead atoms. The van der Waals surface area contributed by atoms with Crippen molar-refractivity contribution in [3.8, 4) is 22.6 Å². The Morgan fingerprint density at radius 1 is 0.355 bits per heavy atom. The van der Waals surface area contributed by atoms with Crippen molar-refractivity contribution in [2.75, 3.05) is 0 Å². The van der Waals surface area contributed by atoms with E-state index in [0.29, 0.717) is 22.4 Å². The van der Waals surface area contributed by atoms with Crippen LogP contribution < -0.4 is 9.47 Å². The Hall–Kier alpha value is -4.77. The van der Waals surface area contributed by atoms with Gasteiger partial charge in [-0.05, 0) is 302 Å². The van der Waals surface area contributed by atoms with Crippen LogP contribution in [0, 0.1) is 95.6 Å². The van der Waals surface area contributed by atoms with E-state index in [4.69, 9.17) is 9.47 Å². The van der Waals surface area contributed by atoms with Crippen molar-refractivity contribution in [3.05, 3.63) is 143 Å². The van der Waals surface area contributed by atoms with E-state index in [1.54, 1.807) is 138 Å². The van der Waals surface area contributed by atoms with E-state index in [-0.39, 0.29) is 11.3 Å². The Balaban J connectivity index is 0.000000170. The molecular formula is C102H157FO4. The summed E-state index contributed by atoms with van der Waals surface area (Å²) in [7, 11) is 0. The zero-order valence-electron chi connectivity index (χ0n) is 70.3. The van der Waals surface area contributed by atoms with Crippen LogP contribution in [0.4, 0.5) is 4.39 Å². The summed E-state index contributed by atoms with van der Waals surface area (Å²) in [4.78, 5) is 22.9. The van der Waals surface area contributed by atoms with Crippen LogP contribution in [-0.2, 0) is 16.0 Å². The molecule has 12 rings (SSSR count). The third kappa shape index (κ3) is 29.7. The highest BCUT2D eigenvalue weighted by Crippen LogP contribution is 2.49. The molecule has 0 aliphatic heterocycles. The molecule has 107 heavy (non-hydrogen) atoms. The van der Waals surface area contributed by atoms with Crippen LogP contribution in [0.5, 0.6) is 11.5 Å². The van der Waals surface area contributed by atoms with Gasteiger partial charge in [-0.2, -0.15) is 0 Å². The van der Waals surface area contributed by atoms with E-state index in [2.05, 4.69) is 117 Å².